The Morgan fingerprint density at radius 1 is 2.00 bits per heavy atom. The maximum atomic E-state index is 9.16. The minimum absolute atomic E-state index is 0.278. The fraction of sp³-hybridized carbons (Fsp3) is 0. The van der Waals surface area contributed by atoms with Crippen LogP contribution in [0.4, 0.5) is 0 Å². The summed E-state index contributed by atoms with van der Waals surface area (Å²) in [5.41, 5.74) is -0.426. The average Bonchev–Trinajstić information content (AvgIpc) is 1.38. The van der Waals surface area contributed by atoms with Crippen molar-refractivity contribution in [2.75, 3.05) is 0 Å². The summed E-state index contributed by atoms with van der Waals surface area (Å²) in [4.78, 5) is 9.16. The van der Waals surface area contributed by atoms with Gasteiger partial charge < -0.3 is 0 Å². The van der Waals surface area contributed by atoms with Gasteiger partial charge >= 0.3 is 29.3 Å². The van der Waals surface area contributed by atoms with Crippen molar-refractivity contribution < 1.29 is 9.90 Å². The molecule has 0 aromatic carbocycles. The normalized spacial score (nSPS) is 6.20. The molecule has 0 heterocycles. The molecule has 0 aliphatic rings. The number of hydrogen-bond donors (Lipinski definition) is 1. The van der Waals surface area contributed by atoms with Crippen LogP contribution in [0.1, 0.15) is 0 Å². The summed E-state index contributed by atoms with van der Waals surface area (Å²) in [6, 6.07) is 0. The van der Waals surface area contributed by atoms with Crippen molar-refractivity contribution >= 4 is 19.4 Å². The van der Waals surface area contributed by atoms with Crippen LogP contribution in [-0.4, -0.2) is 24.5 Å². The fourth-order valence-corrected chi connectivity index (χ4v) is 0. The van der Waals surface area contributed by atoms with E-state index in [0.717, 1.165) is 0 Å². The van der Waals surface area contributed by atoms with Crippen molar-refractivity contribution in [1.82, 2.24) is 0 Å². The van der Waals surface area contributed by atoms with Gasteiger partial charge in [0, 0.05) is 0 Å². The van der Waals surface area contributed by atoms with Gasteiger partial charge in [0.15, 0.2) is 0 Å². The Labute approximate surface area is 30.5 Å². The monoisotopic (exact) mass is 70.0 g/mol. The number of rotatable bonds is 1. The predicted octanol–water partition coefficient (Wildman–Crippen LogP) is -1.41. The molecule has 0 bridgehead atoms. The van der Waals surface area contributed by atoms with Gasteiger partial charge in [0.05, 0.1) is 0 Å². The summed E-state index contributed by atoms with van der Waals surface area (Å²) in [7, 11) is 2.86. The molecule has 3 heteroatoms. The van der Waals surface area contributed by atoms with Gasteiger partial charge in [-0.25, -0.2) is 0 Å². The zero-order valence-electron chi connectivity index (χ0n) is 2.64. The van der Waals surface area contributed by atoms with E-state index in [1.54, 1.807) is 0 Å². The van der Waals surface area contributed by atoms with Crippen LogP contribution in [0.5, 0.6) is 0 Å². The van der Waals surface area contributed by atoms with Gasteiger partial charge in [-0.05, 0) is 0 Å². The molecule has 0 radical (unpaired) electrons. The van der Waals surface area contributed by atoms with Gasteiger partial charge in [-0.2, -0.15) is 0 Å². The fourth-order valence-electron chi connectivity index (χ4n) is 0. The molecule has 0 spiro atoms. The van der Waals surface area contributed by atoms with Crippen molar-refractivity contribution in [3.63, 3.8) is 0 Å². The van der Waals surface area contributed by atoms with Crippen LogP contribution >= 0.6 is 0 Å². The Morgan fingerprint density at radius 2 is 2.20 bits per heavy atom. The number of aliphatic hydroxyl groups is 1. The summed E-state index contributed by atoms with van der Waals surface area (Å²) in [6.07, 6.45) is 0.278. The van der Waals surface area contributed by atoms with E-state index in [2.05, 4.69) is 7.49 Å². The summed E-state index contributed by atoms with van der Waals surface area (Å²) in [5, 5.41) is 7.80. The second kappa shape index (κ2) is 1.70. The summed E-state index contributed by atoms with van der Waals surface area (Å²) in [6.45, 7) is 0. The Kier molecular flexibility index (Phi) is 1.50. The predicted molar refractivity (Wildman–Crippen MR) is 20.2 cm³/mol. The van der Waals surface area contributed by atoms with Gasteiger partial charge in [-0.1, -0.05) is 0 Å². The van der Waals surface area contributed by atoms with Crippen LogP contribution < -0.4 is 0 Å². The van der Waals surface area contributed by atoms with Crippen LogP contribution in [0.25, 0.3) is 0 Å². The van der Waals surface area contributed by atoms with E-state index in [-0.39, 0.29) is 6.29 Å². The van der Waals surface area contributed by atoms with Crippen molar-refractivity contribution in [2.24, 2.45) is 0 Å². The minimum atomic E-state index is -0.426. The standard InChI is InChI=1S/C2H3BO2/c3-2(5)1-4/h1,3,5H. The van der Waals surface area contributed by atoms with Crippen molar-refractivity contribution in [1.29, 1.82) is 0 Å². The molecule has 1 N–H and O–H groups in total. The van der Waals surface area contributed by atoms with E-state index in [0.29, 0.717) is 0 Å². The van der Waals surface area contributed by atoms with E-state index in [9.17, 15) is 0 Å². The third-order valence-corrected chi connectivity index (χ3v) is 0.136. The Hall–Kier alpha value is -0.595. The number of hydrogen-bond acceptors (Lipinski definition) is 2. The molecule has 0 saturated heterocycles. The summed E-state index contributed by atoms with van der Waals surface area (Å²) < 4.78 is 0. The SMILES string of the molecule is B=C(O)C=O. The molecule has 0 unspecified atom stereocenters. The molecule has 0 aliphatic heterocycles. The van der Waals surface area contributed by atoms with Gasteiger partial charge in [-0.15, -0.1) is 0 Å². The van der Waals surface area contributed by atoms with Crippen LogP contribution in [-0.2, 0) is 4.79 Å². The van der Waals surface area contributed by atoms with Crippen molar-refractivity contribution in [3.05, 3.63) is 0 Å². The van der Waals surface area contributed by atoms with Gasteiger partial charge in [0.25, 0.3) is 0 Å². The van der Waals surface area contributed by atoms with Crippen molar-refractivity contribution in [2.45, 2.75) is 0 Å². The van der Waals surface area contributed by atoms with Crippen LogP contribution in [0.3, 0.4) is 0 Å². The molecule has 2 nitrogen and oxygen atoms in total. The molecule has 0 aromatic heterocycles. The van der Waals surface area contributed by atoms with Crippen molar-refractivity contribution in [3.8, 4) is 0 Å². The van der Waals surface area contributed by atoms with Gasteiger partial charge in [-0.3, -0.25) is 0 Å². The average molecular weight is 69.9 g/mol. The van der Waals surface area contributed by atoms with E-state index < -0.39 is 5.65 Å². The first-order valence-corrected chi connectivity index (χ1v) is 1.10. The number of carbonyl (C=O) groups excluding carboxylic acids is 1. The van der Waals surface area contributed by atoms with E-state index >= 15 is 0 Å². The Bertz CT molecular complexity index is 58.7. The first-order valence-electron chi connectivity index (χ1n) is 1.10. The van der Waals surface area contributed by atoms with Gasteiger partial charge in [0.1, 0.15) is 0 Å². The summed E-state index contributed by atoms with van der Waals surface area (Å²) in [5.74, 6) is 0. The molecule has 0 amide bonds. The molecule has 0 aromatic rings. The van der Waals surface area contributed by atoms with E-state index in [1.807, 2.05) is 0 Å². The molecule has 0 saturated carbocycles. The molecule has 0 aliphatic carbocycles. The molecule has 0 fully saturated rings. The first kappa shape index (κ1) is 4.40. The quantitative estimate of drug-likeness (QED) is 0.304. The third kappa shape index (κ3) is 3.40. The molecule has 0 rings (SSSR count). The van der Waals surface area contributed by atoms with Gasteiger partial charge in [0.2, 0.25) is 0 Å². The second-order valence-corrected chi connectivity index (χ2v) is 0.609. The summed E-state index contributed by atoms with van der Waals surface area (Å²) >= 11 is 0. The molecule has 26 valence electrons. The van der Waals surface area contributed by atoms with E-state index in [4.69, 9.17) is 9.90 Å². The maximum absolute atomic E-state index is 9.16. The molecule has 0 atom stereocenters. The van der Waals surface area contributed by atoms with Crippen LogP contribution in [0.2, 0.25) is 0 Å². The zero-order chi connectivity index (χ0) is 4.28. The molecular weight excluding hydrogens is 66.8 g/mol. The Balaban J connectivity index is 3.20. The molecule has 5 heavy (non-hydrogen) atoms. The first-order chi connectivity index (χ1) is 2.27. The second-order valence-electron chi connectivity index (χ2n) is 0.609. The number of aldehydes is 1. The van der Waals surface area contributed by atoms with E-state index in [1.165, 1.54) is 0 Å². The van der Waals surface area contributed by atoms with Crippen LogP contribution in [0, 0.1) is 0 Å². The number of aliphatic hydroxyl groups excluding tert-OH is 1. The van der Waals surface area contributed by atoms with Crippen LogP contribution in [0.15, 0.2) is 0 Å². The Morgan fingerprint density at radius 3 is 2.20 bits per heavy atom. The molecular formula is C2H3BO2. The topological polar surface area (TPSA) is 37.3 Å². The number of carbonyl (C=O) groups is 1. The third-order valence-electron chi connectivity index (χ3n) is 0.136. The zero-order valence-corrected chi connectivity index (χ0v) is 2.64.